The predicted octanol–water partition coefficient (Wildman–Crippen LogP) is 1.76. The number of rotatable bonds is 1. The van der Waals surface area contributed by atoms with Gasteiger partial charge >= 0.3 is 5.97 Å². The number of hydrogen-bond acceptors (Lipinski definition) is 6. The molecule has 0 radical (unpaired) electrons. The number of aryl methyl sites for hydroxylation is 1. The SMILES string of the molecule is COC(=O)[C@@]1(O)C=C(Cl)c2oc3cc(C)cc(O)c3c(=O)c21. The number of carbonyl (C=O) groups is 1. The highest BCUT2D eigenvalue weighted by molar-refractivity contribution is 6.49. The number of hydrogen-bond donors (Lipinski definition) is 2. The Morgan fingerprint density at radius 2 is 2.09 bits per heavy atom. The summed E-state index contributed by atoms with van der Waals surface area (Å²) in [7, 11) is 1.07. The van der Waals surface area contributed by atoms with Crippen molar-refractivity contribution in [2.24, 2.45) is 0 Å². The van der Waals surface area contributed by atoms with Gasteiger partial charge in [0.1, 0.15) is 16.7 Å². The van der Waals surface area contributed by atoms with Gasteiger partial charge in [0.2, 0.25) is 11.0 Å². The molecule has 0 unspecified atom stereocenters. The Balaban J connectivity index is 2.47. The Morgan fingerprint density at radius 3 is 2.73 bits per heavy atom. The Morgan fingerprint density at radius 1 is 1.41 bits per heavy atom. The van der Waals surface area contributed by atoms with Crippen molar-refractivity contribution in [1.82, 2.24) is 0 Å². The van der Waals surface area contributed by atoms with Crippen LogP contribution in [0.2, 0.25) is 0 Å². The maximum atomic E-state index is 12.7. The molecule has 1 atom stereocenters. The highest BCUT2D eigenvalue weighted by Gasteiger charge is 2.48. The van der Waals surface area contributed by atoms with Crippen LogP contribution in [-0.4, -0.2) is 23.3 Å². The van der Waals surface area contributed by atoms with Crippen LogP contribution in [0.1, 0.15) is 16.9 Å². The van der Waals surface area contributed by atoms with Gasteiger partial charge in [-0.05, 0) is 30.7 Å². The third-order valence-electron chi connectivity index (χ3n) is 3.55. The summed E-state index contributed by atoms with van der Waals surface area (Å²) in [6, 6.07) is 2.93. The molecule has 1 aromatic heterocycles. The first-order valence-corrected chi connectivity index (χ1v) is 6.68. The van der Waals surface area contributed by atoms with E-state index in [9.17, 15) is 19.8 Å². The van der Waals surface area contributed by atoms with E-state index >= 15 is 0 Å². The number of methoxy groups -OCH3 is 1. The van der Waals surface area contributed by atoms with Crippen molar-refractivity contribution in [2.75, 3.05) is 7.11 Å². The van der Waals surface area contributed by atoms with Crippen LogP contribution in [0.25, 0.3) is 16.0 Å². The molecule has 0 amide bonds. The summed E-state index contributed by atoms with van der Waals surface area (Å²) in [6.45, 7) is 1.72. The molecule has 0 saturated heterocycles. The number of ether oxygens (including phenoxy) is 1. The molecule has 1 aliphatic carbocycles. The second kappa shape index (κ2) is 4.59. The highest BCUT2D eigenvalue weighted by Crippen LogP contribution is 2.42. The van der Waals surface area contributed by atoms with E-state index in [2.05, 4.69) is 4.74 Å². The smallest absolute Gasteiger partial charge is 0.347 e. The number of carbonyl (C=O) groups excluding carboxylic acids is 1. The molecule has 0 spiro atoms. The van der Waals surface area contributed by atoms with E-state index in [4.69, 9.17) is 16.0 Å². The zero-order chi connectivity index (χ0) is 16.2. The summed E-state index contributed by atoms with van der Waals surface area (Å²) in [6.07, 6.45) is 0.985. The van der Waals surface area contributed by atoms with Crippen LogP contribution in [0, 0.1) is 6.92 Å². The summed E-state index contributed by atoms with van der Waals surface area (Å²) < 4.78 is 10.0. The van der Waals surface area contributed by atoms with Gasteiger partial charge in [-0.3, -0.25) is 4.79 Å². The minimum Gasteiger partial charge on any atom is -0.507 e. The Labute approximate surface area is 129 Å². The van der Waals surface area contributed by atoms with E-state index in [1.807, 2.05) is 0 Å². The second-order valence-electron chi connectivity index (χ2n) is 5.04. The van der Waals surface area contributed by atoms with Gasteiger partial charge in [-0.1, -0.05) is 11.6 Å². The van der Waals surface area contributed by atoms with E-state index in [1.54, 1.807) is 13.0 Å². The zero-order valence-electron chi connectivity index (χ0n) is 11.6. The zero-order valence-corrected chi connectivity index (χ0v) is 12.4. The second-order valence-corrected chi connectivity index (χ2v) is 5.45. The normalized spacial score (nSPS) is 19.9. The lowest BCUT2D eigenvalue weighted by Crippen LogP contribution is -2.37. The Hall–Kier alpha value is -2.31. The Kier molecular flexibility index (Phi) is 3.05. The lowest BCUT2D eigenvalue weighted by atomic mass is 9.96. The maximum absolute atomic E-state index is 12.7. The molecule has 7 heteroatoms. The van der Waals surface area contributed by atoms with E-state index in [0.717, 1.165) is 13.2 Å². The fraction of sp³-hybridized carbons (Fsp3) is 0.200. The van der Waals surface area contributed by atoms with Gasteiger partial charge in [-0.15, -0.1) is 0 Å². The lowest BCUT2D eigenvalue weighted by molar-refractivity contribution is -0.158. The van der Waals surface area contributed by atoms with Crippen molar-refractivity contribution >= 4 is 33.6 Å². The molecular weight excluding hydrogens is 312 g/mol. The topological polar surface area (TPSA) is 97.0 Å². The molecule has 1 aromatic carbocycles. The lowest BCUT2D eigenvalue weighted by Gasteiger charge is -2.18. The third kappa shape index (κ3) is 1.77. The largest absolute Gasteiger partial charge is 0.507 e. The average Bonchev–Trinajstić information content (AvgIpc) is 2.70. The number of fused-ring (bicyclic) bond motifs is 2. The van der Waals surface area contributed by atoms with E-state index in [1.165, 1.54) is 6.07 Å². The number of esters is 1. The van der Waals surface area contributed by atoms with Crippen molar-refractivity contribution in [3.8, 4) is 5.75 Å². The molecular formula is C15H11ClO6. The van der Waals surface area contributed by atoms with Crippen LogP contribution >= 0.6 is 11.6 Å². The summed E-state index contributed by atoms with van der Waals surface area (Å²) in [5, 5.41) is 20.3. The van der Waals surface area contributed by atoms with Crippen LogP contribution < -0.4 is 5.43 Å². The number of benzene rings is 1. The molecule has 2 aromatic rings. The molecule has 1 heterocycles. The molecule has 6 nitrogen and oxygen atoms in total. The predicted molar refractivity (Wildman–Crippen MR) is 78.6 cm³/mol. The van der Waals surface area contributed by atoms with Crippen molar-refractivity contribution in [2.45, 2.75) is 12.5 Å². The van der Waals surface area contributed by atoms with Crippen LogP contribution in [-0.2, 0) is 15.1 Å². The number of aromatic hydroxyl groups is 1. The van der Waals surface area contributed by atoms with Gasteiger partial charge in [-0.2, -0.15) is 0 Å². The van der Waals surface area contributed by atoms with Crippen molar-refractivity contribution in [1.29, 1.82) is 0 Å². The summed E-state index contributed by atoms with van der Waals surface area (Å²) in [5.74, 6) is -1.48. The van der Waals surface area contributed by atoms with Gasteiger partial charge in [0.25, 0.3) is 0 Å². The first-order valence-electron chi connectivity index (χ1n) is 6.30. The van der Waals surface area contributed by atoms with Gasteiger partial charge in [-0.25, -0.2) is 4.79 Å². The minimum atomic E-state index is -2.34. The molecule has 0 aliphatic heterocycles. The van der Waals surface area contributed by atoms with Gasteiger partial charge < -0.3 is 19.4 Å². The van der Waals surface area contributed by atoms with Crippen molar-refractivity contribution < 1.29 is 24.2 Å². The third-order valence-corrected chi connectivity index (χ3v) is 3.83. The van der Waals surface area contributed by atoms with Crippen molar-refractivity contribution in [3.05, 3.63) is 45.3 Å². The molecule has 0 bridgehead atoms. The van der Waals surface area contributed by atoms with Gasteiger partial charge in [0, 0.05) is 0 Å². The first-order chi connectivity index (χ1) is 10.3. The molecule has 0 fully saturated rings. The molecule has 0 saturated carbocycles. The molecule has 22 heavy (non-hydrogen) atoms. The quantitative estimate of drug-likeness (QED) is 0.776. The molecule has 114 valence electrons. The molecule has 3 rings (SSSR count). The van der Waals surface area contributed by atoms with Gasteiger partial charge in [0.15, 0.2) is 5.76 Å². The summed E-state index contributed by atoms with van der Waals surface area (Å²) in [4.78, 5) is 24.5. The van der Waals surface area contributed by atoms with Crippen molar-refractivity contribution in [3.63, 3.8) is 0 Å². The average molecular weight is 323 g/mol. The maximum Gasteiger partial charge on any atom is 0.347 e. The Bertz CT molecular complexity index is 910. The van der Waals surface area contributed by atoms with Crippen LogP contribution in [0.4, 0.5) is 0 Å². The number of phenols is 1. The first kappa shape index (κ1) is 14.6. The minimum absolute atomic E-state index is 0.0807. The highest BCUT2D eigenvalue weighted by atomic mass is 35.5. The van der Waals surface area contributed by atoms with Crippen LogP contribution in [0.3, 0.4) is 0 Å². The van der Waals surface area contributed by atoms with E-state index in [-0.39, 0.29) is 33.1 Å². The van der Waals surface area contributed by atoms with E-state index in [0.29, 0.717) is 5.56 Å². The number of aliphatic hydroxyl groups is 1. The van der Waals surface area contributed by atoms with E-state index < -0.39 is 17.0 Å². The fourth-order valence-electron chi connectivity index (χ4n) is 2.58. The monoisotopic (exact) mass is 322 g/mol. The fourth-order valence-corrected chi connectivity index (χ4v) is 2.88. The summed E-state index contributed by atoms with van der Waals surface area (Å²) in [5.41, 5.74) is -2.66. The summed E-state index contributed by atoms with van der Waals surface area (Å²) >= 11 is 5.98. The van der Waals surface area contributed by atoms with Crippen LogP contribution in [0.5, 0.6) is 5.75 Å². The van der Waals surface area contributed by atoms with Crippen LogP contribution in [0.15, 0.2) is 27.4 Å². The number of halogens is 1. The standard InChI is InChI=1S/C15H11ClO6/c1-6-3-8(17)10-9(4-6)22-13-7(16)5-15(20,14(19)21-2)11(13)12(10)18/h3-5,17,20H,1-2H3/t15-/m1/s1. The number of phenolic OH excluding ortho intramolecular Hbond substituents is 1. The molecule has 2 N–H and O–H groups in total. The molecule has 1 aliphatic rings. The van der Waals surface area contributed by atoms with Gasteiger partial charge in [0.05, 0.1) is 17.7 Å².